The Morgan fingerprint density at radius 1 is 1.25 bits per heavy atom. The molecule has 0 fully saturated rings. The van der Waals surface area contributed by atoms with E-state index >= 15 is 0 Å². The third-order valence-corrected chi connectivity index (χ3v) is 2.63. The average Bonchev–Trinajstić information content (AvgIpc) is 2.62. The van der Waals surface area contributed by atoms with Crippen LogP contribution in [0.3, 0.4) is 0 Å². The lowest BCUT2D eigenvalue weighted by Crippen LogP contribution is -2.04. The Bertz CT molecular complexity index is 488. The van der Waals surface area contributed by atoms with E-state index in [0.29, 0.717) is 5.02 Å². The minimum atomic E-state index is 0.191. The number of halogens is 1. The molecule has 0 radical (unpaired) electrons. The summed E-state index contributed by atoms with van der Waals surface area (Å²) < 4.78 is 1.79. The zero-order valence-electron chi connectivity index (χ0n) is 9.18. The van der Waals surface area contributed by atoms with Crippen LogP contribution in [0.4, 0.5) is 0 Å². The topological polar surface area (TPSA) is 38.0 Å². The van der Waals surface area contributed by atoms with Crippen LogP contribution in [0.1, 0.15) is 19.9 Å². The molecule has 0 atom stereocenters. The predicted octanol–water partition coefficient (Wildman–Crippen LogP) is 3.49. The van der Waals surface area contributed by atoms with Gasteiger partial charge in [-0.15, -0.1) is 0 Å². The molecule has 0 saturated carbocycles. The maximum atomic E-state index is 9.79. The van der Waals surface area contributed by atoms with Gasteiger partial charge in [0.1, 0.15) is 5.69 Å². The summed E-state index contributed by atoms with van der Waals surface area (Å²) in [7, 11) is 0. The van der Waals surface area contributed by atoms with Crippen LogP contribution in [0.15, 0.2) is 30.5 Å². The van der Waals surface area contributed by atoms with E-state index in [1.54, 1.807) is 16.8 Å². The van der Waals surface area contributed by atoms with Gasteiger partial charge in [0, 0.05) is 16.6 Å². The van der Waals surface area contributed by atoms with Crippen LogP contribution in [-0.4, -0.2) is 14.9 Å². The molecular weight excluding hydrogens is 224 g/mol. The van der Waals surface area contributed by atoms with Crippen molar-refractivity contribution in [3.8, 4) is 17.0 Å². The van der Waals surface area contributed by atoms with Crippen molar-refractivity contribution in [1.29, 1.82) is 0 Å². The van der Waals surface area contributed by atoms with Crippen molar-refractivity contribution in [2.75, 3.05) is 0 Å². The van der Waals surface area contributed by atoms with Gasteiger partial charge in [-0.2, -0.15) is 5.10 Å². The fourth-order valence-corrected chi connectivity index (χ4v) is 1.76. The molecule has 1 heterocycles. The van der Waals surface area contributed by atoms with Crippen LogP contribution in [-0.2, 0) is 0 Å². The fourth-order valence-electron chi connectivity index (χ4n) is 1.63. The summed E-state index contributed by atoms with van der Waals surface area (Å²) in [5.74, 6) is 0.191. The lowest BCUT2D eigenvalue weighted by atomic mass is 10.1. The van der Waals surface area contributed by atoms with Crippen LogP contribution < -0.4 is 0 Å². The fraction of sp³-hybridized carbons (Fsp3) is 0.250. The number of rotatable bonds is 2. The molecule has 4 heteroatoms. The van der Waals surface area contributed by atoms with Crippen LogP contribution in [0.25, 0.3) is 11.3 Å². The molecule has 0 bridgehead atoms. The normalized spacial score (nSPS) is 11.0. The minimum absolute atomic E-state index is 0.191. The molecule has 3 nitrogen and oxygen atoms in total. The number of aromatic nitrogens is 2. The number of hydrogen-bond donors (Lipinski definition) is 1. The van der Waals surface area contributed by atoms with E-state index in [4.69, 9.17) is 11.6 Å². The summed E-state index contributed by atoms with van der Waals surface area (Å²) in [5.41, 5.74) is 1.64. The summed E-state index contributed by atoms with van der Waals surface area (Å²) in [6, 6.07) is 7.55. The summed E-state index contributed by atoms with van der Waals surface area (Å²) in [5, 5.41) is 14.6. The molecule has 1 N–H and O–H groups in total. The molecule has 2 aromatic rings. The van der Waals surface area contributed by atoms with Crippen molar-refractivity contribution < 1.29 is 5.11 Å². The standard InChI is InChI=1S/C12H13ClN2O/c1-8(2)15-12(11(16)7-14-15)9-3-5-10(13)6-4-9/h3-8,16H,1-2H3. The first-order valence-corrected chi connectivity index (χ1v) is 5.50. The molecule has 0 aliphatic carbocycles. The molecule has 0 aliphatic heterocycles. The highest BCUT2D eigenvalue weighted by molar-refractivity contribution is 6.30. The molecule has 0 unspecified atom stereocenters. The van der Waals surface area contributed by atoms with E-state index in [9.17, 15) is 5.11 Å². The third-order valence-electron chi connectivity index (χ3n) is 2.38. The van der Waals surface area contributed by atoms with Gasteiger partial charge < -0.3 is 5.11 Å². The average molecular weight is 237 g/mol. The van der Waals surface area contributed by atoms with Crippen molar-refractivity contribution in [2.45, 2.75) is 19.9 Å². The van der Waals surface area contributed by atoms with Gasteiger partial charge in [-0.25, -0.2) is 0 Å². The molecule has 0 saturated heterocycles. The maximum Gasteiger partial charge on any atom is 0.161 e. The zero-order valence-corrected chi connectivity index (χ0v) is 9.94. The summed E-state index contributed by atoms with van der Waals surface area (Å²) in [6.07, 6.45) is 1.46. The van der Waals surface area contributed by atoms with E-state index in [-0.39, 0.29) is 11.8 Å². The second-order valence-corrected chi connectivity index (χ2v) is 4.36. The number of benzene rings is 1. The smallest absolute Gasteiger partial charge is 0.161 e. The highest BCUT2D eigenvalue weighted by Crippen LogP contribution is 2.31. The van der Waals surface area contributed by atoms with Crippen LogP contribution >= 0.6 is 11.6 Å². The molecule has 84 valence electrons. The van der Waals surface area contributed by atoms with Crippen molar-refractivity contribution in [3.63, 3.8) is 0 Å². The largest absolute Gasteiger partial charge is 0.504 e. The van der Waals surface area contributed by atoms with Gasteiger partial charge >= 0.3 is 0 Å². The molecule has 0 spiro atoms. The van der Waals surface area contributed by atoms with Crippen molar-refractivity contribution in [3.05, 3.63) is 35.5 Å². The van der Waals surface area contributed by atoms with E-state index in [2.05, 4.69) is 5.10 Å². The van der Waals surface area contributed by atoms with Crippen LogP contribution in [0.5, 0.6) is 5.75 Å². The third kappa shape index (κ3) is 1.91. The van der Waals surface area contributed by atoms with Crippen LogP contribution in [0, 0.1) is 0 Å². The minimum Gasteiger partial charge on any atom is -0.504 e. The Morgan fingerprint density at radius 3 is 2.44 bits per heavy atom. The molecular formula is C12H13ClN2O. The van der Waals surface area contributed by atoms with Gasteiger partial charge in [-0.1, -0.05) is 23.7 Å². The van der Waals surface area contributed by atoms with Crippen molar-refractivity contribution in [2.24, 2.45) is 0 Å². The van der Waals surface area contributed by atoms with Gasteiger partial charge in [-0.05, 0) is 26.0 Å². The van der Waals surface area contributed by atoms with Crippen molar-refractivity contribution in [1.82, 2.24) is 9.78 Å². The molecule has 16 heavy (non-hydrogen) atoms. The maximum absolute atomic E-state index is 9.79. The number of nitrogens with zero attached hydrogens (tertiary/aromatic N) is 2. The Hall–Kier alpha value is -1.48. The first-order valence-electron chi connectivity index (χ1n) is 5.12. The van der Waals surface area contributed by atoms with Gasteiger partial charge in [0.2, 0.25) is 0 Å². The monoisotopic (exact) mass is 236 g/mol. The van der Waals surface area contributed by atoms with Gasteiger partial charge in [-0.3, -0.25) is 4.68 Å². The first kappa shape index (κ1) is 11.0. The molecule has 1 aromatic heterocycles. The predicted molar refractivity (Wildman–Crippen MR) is 64.7 cm³/mol. The Kier molecular flexibility index (Phi) is 2.88. The number of hydrogen-bond acceptors (Lipinski definition) is 2. The quantitative estimate of drug-likeness (QED) is 0.867. The van der Waals surface area contributed by atoms with Gasteiger partial charge in [0.05, 0.1) is 6.20 Å². The SMILES string of the molecule is CC(C)n1ncc(O)c1-c1ccc(Cl)cc1. The van der Waals surface area contributed by atoms with E-state index < -0.39 is 0 Å². The van der Waals surface area contributed by atoms with Crippen LogP contribution in [0.2, 0.25) is 5.02 Å². The number of aromatic hydroxyl groups is 1. The zero-order chi connectivity index (χ0) is 11.7. The van der Waals surface area contributed by atoms with Crippen molar-refractivity contribution >= 4 is 11.6 Å². The Morgan fingerprint density at radius 2 is 1.88 bits per heavy atom. The second-order valence-electron chi connectivity index (χ2n) is 3.92. The summed E-state index contributed by atoms with van der Waals surface area (Å²) in [6.45, 7) is 4.04. The Balaban J connectivity index is 2.54. The highest BCUT2D eigenvalue weighted by Gasteiger charge is 2.13. The van der Waals surface area contributed by atoms with E-state index in [0.717, 1.165) is 11.3 Å². The Labute approximate surface area is 99.3 Å². The first-order chi connectivity index (χ1) is 7.59. The lowest BCUT2D eigenvalue weighted by Gasteiger charge is -2.11. The van der Waals surface area contributed by atoms with Gasteiger partial charge in [0.15, 0.2) is 5.75 Å². The van der Waals surface area contributed by atoms with E-state index in [1.807, 2.05) is 26.0 Å². The molecule has 1 aromatic carbocycles. The highest BCUT2D eigenvalue weighted by atomic mass is 35.5. The molecule has 0 amide bonds. The van der Waals surface area contributed by atoms with Gasteiger partial charge in [0.25, 0.3) is 0 Å². The second kappa shape index (κ2) is 4.18. The molecule has 0 aliphatic rings. The lowest BCUT2D eigenvalue weighted by molar-refractivity contribution is 0.473. The van der Waals surface area contributed by atoms with E-state index in [1.165, 1.54) is 6.20 Å². The summed E-state index contributed by atoms with van der Waals surface area (Å²) in [4.78, 5) is 0. The molecule has 2 rings (SSSR count). The summed E-state index contributed by atoms with van der Waals surface area (Å²) >= 11 is 5.83.